The fraction of sp³-hybridized carbons (Fsp3) is 0.385. The Bertz CT molecular complexity index is 1450. The molecule has 2 heterocycles. The van der Waals surface area contributed by atoms with Crippen molar-refractivity contribution in [2.24, 2.45) is 0 Å². The number of anilines is 2. The van der Waals surface area contributed by atoms with E-state index >= 15 is 0 Å². The van der Waals surface area contributed by atoms with Gasteiger partial charge < -0.3 is 20.1 Å². The van der Waals surface area contributed by atoms with Crippen LogP contribution in [0.25, 0.3) is 10.9 Å². The SMILES string of the molecule is CN1CCC(Nc2cccc3c2cc(C#CCNc2ccc(S(C)(=O)=O)cc2Cl)n3CC(F)(F)F)CC1. The first kappa shape index (κ1) is 27.2. The Hall–Kier alpha value is -2.87. The van der Waals surface area contributed by atoms with Crippen LogP contribution in [0.5, 0.6) is 0 Å². The summed E-state index contributed by atoms with van der Waals surface area (Å²) in [6.45, 7) is 0.886. The van der Waals surface area contributed by atoms with Gasteiger partial charge in [-0.25, -0.2) is 8.42 Å². The van der Waals surface area contributed by atoms with E-state index in [0.717, 1.165) is 37.9 Å². The number of nitrogens with zero attached hydrogens (tertiary/aromatic N) is 2. The highest BCUT2D eigenvalue weighted by molar-refractivity contribution is 7.90. The summed E-state index contributed by atoms with van der Waals surface area (Å²) in [5.74, 6) is 5.73. The maximum absolute atomic E-state index is 13.4. The van der Waals surface area contributed by atoms with Crippen molar-refractivity contribution in [3.05, 3.63) is 53.2 Å². The maximum Gasteiger partial charge on any atom is 0.406 e. The topological polar surface area (TPSA) is 66.4 Å². The molecular formula is C26H28ClF3N4O2S. The van der Waals surface area contributed by atoms with Crippen molar-refractivity contribution in [1.29, 1.82) is 0 Å². The van der Waals surface area contributed by atoms with Crippen LogP contribution in [0.2, 0.25) is 5.02 Å². The van der Waals surface area contributed by atoms with Gasteiger partial charge in [0.1, 0.15) is 6.54 Å². The average Bonchev–Trinajstić information content (AvgIpc) is 3.15. The van der Waals surface area contributed by atoms with Crippen molar-refractivity contribution in [3.63, 3.8) is 0 Å². The van der Waals surface area contributed by atoms with Crippen LogP contribution in [0.3, 0.4) is 0 Å². The lowest BCUT2D eigenvalue weighted by Gasteiger charge is -2.30. The molecule has 2 N–H and O–H groups in total. The molecule has 0 bridgehead atoms. The molecule has 1 saturated heterocycles. The molecule has 4 rings (SSSR count). The second-order valence-electron chi connectivity index (χ2n) is 9.26. The summed E-state index contributed by atoms with van der Waals surface area (Å²) in [4.78, 5) is 2.35. The third-order valence-electron chi connectivity index (χ3n) is 6.31. The minimum absolute atomic E-state index is 0.0930. The molecule has 37 heavy (non-hydrogen) atoms. The zero-order chi connectivity index (χ0) is 26.8. The van der Waals surface area contributed by atoms with Crippen LogP contribution >= 0.6 is 11.6 Å². The van der Waals surface area contributed by atoms with Gasteiger partial charge in [0.15, 0.2) is 9.84 Å². The van der Waals surface area contributed by atoms with Crippen molar-refractivity contribution in [2.75, 3.05) is 43.6 Å². The number of hydrogen-bond donors (Lipinski definition) is 2. The predicted octanol–water partition coefficient (Wildman–Crippen LogP) is 5.23. The number of nitrogens with one attached hydrogen (secondary N) is 2. The lowest BCUT2D eigenvalue weighted by atomic mass is 10.0. The van der Waals surface area contributed by atoms with E-state index < -0.39 is 22.6 Å². The van der Waals surface area contributed by atoms with Gasteiger partial charge in [-0.3, -0.25) is 0 Å². The van der Waals surface area contributed by atoms with E-state index in [4.69, 9.17) is 11.6 Å². The second kappa shape index (κ2) is 10.9. The van der Waals surface area contributed by atoms with Crippen LogP contribution < -0.4 is 10.6 Å². The fourth-order valence-electron chi connectivity index (χ4n) is 4.38. The van der Waals surface area contributed by atoms with Crippen LogP contribution in [-0.2, 0) is 16.4 Å². The first-order valence-corrected chi connectivity index (χ1v) is 14.0. The normalized spacial score (nSPS) is 15.4. The molecule has 3 aromatic rings. The second-order valence-corrected chi connectivity index (χ2v) is 11.7. The molecule has 1 fully saturated rings. The molecule has 0 aliphatic carbocycles. The van der Waals surface area contributed by atoms with Crippen molar-refractivity contribution in [1.82, 2.24) is 9.47 Å². The van der Waals surface area contributed by atoms with E-state index in [1.807, 2.05) is 6.07 Å². The number of aromatic nitrogens is 1. The number of rotatable bonds is 6. The molecule has 0 amide bonds. The fourth-order valence-corrected chi connectivity index (χ4v) is 5.34. The number of likely N-dealkylation sites (tertiary alicyclic amines) is 1. The minimum atomic E-state index is -4.41. The van der Waals surface area contributed by atoms with Crippen molar-refractivity contribution < 1.29 is 21.6 Å². The quantitative estimate of drug-likeness (QED) is 0.410. The van der Waals surface area contributed by atoms with Gasteiger partial charge in [0, 0.05) is 23.4 Å². The van der Waals surface area contributed by atoms with E-state index in [-0.39, 0.29) is 28.2 Å². The summed E-state index contributed by atoms with van der Waals surface area (Å²) in [6.07, 6.45) is -1.40. The van der Waals surface area contributed by atoms with Crippen molar-refractivity contribution >= 4 is 43.7 Å². The molecule has 11 heteroatoms. The molecule has 0 saturated carbocycles. The number of piperidine rings is 1. The van der Waals surface area contributed by atoms with E-state index in [0.29, 0.717) is 16.6 Å². The van der Waals surface area contributed by atoms with Crippen molar-refractivity contribution in [3.8, 4) is 11.8 Å². The van der Waals surface area contributed by atoms with Gasteiger partial charge in [0.2, 0.25) is 0 Å². The molecule has 1 aromatic heterocycles. The standard InChI is InChI=1S/C26H28ClF3N4O2S/c1-33-13-10-18(11-14-33)32-23-6-3-7-25-21(23)15-19(34(25)17-26(28,29)30)5-4-12-31-24-9-8-20(16-22(24)27)37(2,35)36/h3,6-9,15-16,18,31-32H,10-14,17H2,1-2H3. The van der Waals surface area contributed by atoms with E-state index in [1.165, 1.54) is 22.8 Å². The third kappa shape index (κ3) is 6.92. The maximum atomic E-state index is 13.4. The van der Waals surface area contributed by atoms with Gasteiger partial charge in [-0.05, 0) is 75.3 Å². The van der Waals surface area contributed by atoms with Crippen LogP contribution in [0.1, 0.15) is 18.5 Å². The molecule has 0 radical (unpaired) electrons. The molecule has 198 valence electrons. The van der Waals surface area contributed by atoms with Crippen LogP contribution in [0, 0.1) is 11.8 Å². The zero-order valence-electron chi connectivity index (χ0n) is 20.5. The Morgan fingerprint density at radius 3 is 2.49 bits per heavy atom. The number of benzene rings is 2. The lowest BCUT2D eigenvalue weighted by Crippen LogP contribution is -2.36. The van der Waals surface area contributed by atoms with Gasteiger partial charge >= 0.3 is 6.18 Å². The monoisotopic (exact) mass is 552 g/mol. The Morgan fingerprint density at radius 2 is 1.84 bits per heavy atom. The smallest absolute Gasteiger partial charge is 0.382 e. The zero-order valence-corrected chi connectivity index (χ0v) is 22.1. The molecule has 6 nitrogen and oxygen atoms in total. The molecule has 0 atom stereocenters. The summed E-state index contributed by atoms with van der Waals surface area (Å²) < 4.78 is 64.9. The lowest BCUT2D eigenvalue weighted by molar-refractivity contribution is -0.140. The minimum Gasteiger partial charge on any atom is -0.382 e. The third-order valence-corrected chi connectivity index (χ3v) is 7.74. The summed E-state index contributed by atoms with van der Waals surface area (Å²) in [5.41, 5.74) is 1.99. The Balaban J connectivity index is 1.58. The Kier molecular flexibility index (Phi) is 7.97. The summed E-state index contributed by atoms with van der Waals surface area (Å²) in [5, 5.41) is 7.41. The van der Waals surface area contributed by atoms with Gasteiger partial charge in [-0.1, -0.05) is 23.6 Å². The number of hydrogen-bond acceptors (Lipinski definition) is 5. The highest BCUT2D eigenvalue weighted by Crippen LogP contribution is 2.31. The number of sulfone groups is 1. The molecule has 0 unspecified atom stereocenters. The average molecular weight is 553 g/mol. The van der Waals surface area contributed by atoms with Gasteiger partial charge in [0.05, 0.1) is 33.4 Å². The van der Waals surface area contributed by atoms with E-state index in [1.54, 1.807) is 18.2 Å². The van der Waals surface area contributed by atoms with Crippen LogP contribution in [0.4, 0.5) is 24.5 Å². The molecule has 0 spiro atoms. The molecule has 1 aliphatic heterocycles. The van der Waals surface area contributed by atoms with Gasteiger partial charge in [0.25, 0.3) is 0 Å². The highest BCUT2D eigenvalue weighted by atomic mass is 35.5. The summed E-state index contributed by atoms with van der Waals surface area (Å²) in [7, 11) is -1.32. The number of alkyl halides is 3. The summed E-state index contributed by atoms with van der Waals surface area (Å²) in [6, 6.07) is 11.6. The number of fused-ring (bicyclic) bond motifs is 1. The van der Waals surface area contributed by atoms with Crippen LogP contribution in [-0.4, -0.2) is 63.0 Å². The summed E-state index contributed by atoms with van der Waals surface area (Å²) >= 11 is 6.17. The van der Waals surface area contributed by atoms with Gasteiger partial charge in [-0.15, -0.1) is 0 Å². The first-order valence-electron chi connectivity index (χ1n) is 11.8. The number of halogens is 4. The molecular weight excluding hydrogens is 525 g/mol. The van der Waals surface area contributed by atoms with E-state index in [2.05, 4.69) is 34.4 Å². The van der Waals surface area contributed by atoms with Gasteiger partial charge in [-0.2, -0.15) is 13.2 Å². The van der Waals surface area contributed by atoms with Crippen molar-refractivity contribution in [2.45, 2.75) is 36.5 Å². The molecule has 2 aromatic carbocycles. The largest absolute Gasteiger partial charge is 0.406 e. The Morgan fingerprint density at radius 1 is 1.11 bits per heavy atom. The highest BCUT2D eigenvalue weighted by Gasteiger charge is 2.30. The first-order chi connectivity index (χ1) is 17.4. The molecule has 1 aliphatic rings. The predicted molar refractivity (Wildman–Crippen MR) is 142 cm³/mol. The Labute approximate surface area is 219 Å². The van der Waals surface area contributed by atoms with E-state index in [9.17, 15) is 21.6 Å². The van der Waals surface area contributed by atoms with Crippen LogP contribution in [0.15, 0.2) is 47.4 Å².